The van der Waals surface area contributed by atoms with Crippen molar-refractivity contribution in [3.63, 3.8) is 0 Å². The SMILES string of the molecule is CCc1cccc(C)c1Nc1ccc(C#N)c(Cl)c1. The number of anilines is 2. The summed E-state index contributed by atoms with van der Waals surface area (Å²) >= 11 is 6.05. The molecule has 0 aliphatic rings. The lowest BCUT2D eigenvalue weighted by atomic mass is 10.1. The Morgan fingerprint density at radius 1 is 1.26 bits per heavy atom. The minimum absolute atomic E-state index is 0.471. The first-order chi connectivity index (χ1) is 9.15. The van der Waals surface area contributed by atoms with Gasteiger partial charge in [0.1, 0.15) is 6.07 Å². The molecule has 3 heteroatoms. The van der Waals surface area contributed by atoms with E-state index in [1.807, 2.05) is 6.07 Å². The van der Waals surface area contributed by atoms with Crippen molar-refractivity contribution in [1.82, 2.24) is 0 Å². The average Bonchev–Trinajstić information content (AvgIpc) is 2.41. The molecule has 2 aromatic carbocycles. The van der Waals surface area contributed by atoms with Gasteiger partial charge in [0.05, 0.1) is 10.6 Å². The van der Waals surface area contributed by atoms with Crippen LogP contribution in [-0.4, -0.2) is 0 Å². The predicted molar refractivity (Wildman–Crippen MR) is 80.0 cm³/mol. The van der Waals surface area contributed by atoms with Crippen LogP contribution in [0.1, 0.15) is 23.6 Å². The number of nitriles is 1. The first kappa shape index (κ1) is 13.5. The van der Waals surface area contributed by atoms with Gasteiger partial charge in [-0.05, 0) is 42.7 Å². The zero-order valence-electron chi connectivity index (χ0n) is 11.0. The second kappa shape index (κ2) is 5.77. The van der Waals surface area contributed by atoms with Crippen LogP contribution < -0.4 is 5.32 Å². The summed E-state index contributed by atoms with van der Waals surface area (Å²) in [5.41, 5.74) is 4.96. The van der Waals surface area contributed by atoms with Crippen molar-refractivity contribution in [2.24, 2.45) is 0 Å². The van der Waals surface area contributed by atoms with E-state index >= 15 is 0 Å². The van der Waals surface area contributed by atoms with Crippen molar-refractivity contribution in [1.29, 1.82) is 5.26 Å². The Labute approximate surface area is 118 Å². The number of halogens is 1. The normalized spacial score (nSPS) is 10.0. The van der Waals surface area contributed by atoms with E-state index in [0.29, 0.717) is 10.6 Å². The fraction of sp³-hybridized carbons (Fsp3) is 0.188. The number of hydrogen-bond acceptors (Lipinski definition) is 2. The third kappa shape index (κ3) is 2.89. The van der Waals surface area contributed by atoms with E-state index in [1.165, 1.54) is 11.1 Å². The first-order valence-corrected chi connectivity index (χ1v) is 6.58. The lowest BCUT2D eigenvalue weighted by Crippen LogP contribution is -1.98. The molecule has 0 aliphatic carbocycles. The highest BCUT2D eigenvalue weighted by molar-refractivity contribution is 6.32. The summed E-state index contributed by atoms with van der Waals surface area (Å²) < 4.78 is 0. The molecule has 0 aliphatic heterocycles. The largest absolute Gasteiger partial charge is 0.355 e. The minimum atomic E-state index is 0.471. The van der Waals surface area contributed by atoms with E-state index in [2.05, 4.69) is 43.4 Å². The Kier molecular flexibility index (Phi) is 4.09. The summed E-state index contributed by atoms with van der Waals surface area (Å²) in [6, 6.07) is 13.7. The topological polar surface area (TPSA) is 35.8 Å². The van der Waals surface area contributed by atoms with Crippen molar-refractivity contribution < 1.29 is 0 Å². The van der Waals surface area contributed by atoms with Gasteiger partial charge in [-0.1, -0.05) is 36.7 Å². The van der Waals surface area contributed by atoms with E-state index < -0.39 is 0 Å². The van der Waals surface area contributed by atoms with E-state index in [1.54, 1.807) is 12.1 Å². The van der Waals surface area contributed by atoms with Gasteiger partial charge in [-0.3, -0.25) is 0 Å². The monoisotopic (exact) mass is 270 g/mol. The predicted octanol–water partition coefficient (Wildman–Crippen LogP) is 4.83. The van der Waals surface area contributed by atoms with Crippen LogP contribution in [0.25, 0.3) is 0 Å². The maximum atomic E-state index is 8.87. The van der Waals surface area contributed by atoms with Crippen LogP contribution in [0.2, 0.25) is 5.02 Å². The molecule has 0 amide bonds. The zero-order chi connectivity index (χ0) is 13.8. The van der Waals surface area contributed by atoms with Gasteiger partial charge in [0.15, 0.2) is 0 Å². The van der Waals surface area contributed by atoms with Crippen molar-refractivity contribution in [2.45, 2.75) is 20.3 Å². The number of para-hydroxylation sites is 1. The summed E-state index contributed by atoms with van der Waals surface area (Å²) in [7, 11) is 0. The molecule has 0 unspecified atom stereocenters. The standard InChI is InChI=1S/C16H15ClN2/c1-3-12-6-4-5-11(2)16(12)19-14-8-7-13(10-18)15(17)9-14/h4-9,19H,3H2,1-2H3. The van der Waals surface area contributed by atoms with Crippen LogP contribution in [0.5, 0.6) is 0 Å². The quantitative estimate of drug-likeness (QED) is 0.867. The molecule has 2 aromatic rings. The van der Waals surface area contributed by atoms with E-state index in [-0.39, 0.29) is 0 Å². The number of rotatable bonds is 3. The second-order valence-corrected chi connectivity index (χ2v) is 4.80. The molecule has 0 atom stereocenters. The molecule has 0 aromatic heterocycles. The van der Waals surface area contributed by atoms with Gasteiger partial charge < -0.3 is 5.32 Å². The summed E-state index contributed by atoms with van der Waals surface area (Å²) in [4.78, 5) is 0. The molecular formula is C16H15ClN2. The van der Waals surface area contributed by atoms with Gasteiger partial charge in [-0.15, -0.1) is 0 Å². The van der Waals surface area contributed by atoms with Crippen LogP contribution in [0.4, 0.5) is 11.4 Å². The van der Waals surface area contributed by atoms with Crippen LogP contribution >= 0.6 is 11.6 Å². The van der Waals surface area contributed by atoms with Crippen LogP contribution in [-0.2, 0) is 6.42 Å². The molecule has 19 heavy (non-hydrogen) atoms. The van der Waals surface area contributed by atoms with E-state index in [9.17, 15) is 0 Å². The maximum Gasteiger partial charge on any atom is 0.101 e. The Morgan fingerprint density at radius 2 is 2.05 bits per heavy atom. The molecule has 0 saturated heterocycles. The fourth-order valence-electron chi connectivity index (χ4n) is 2.03. The molecule has 0 fully saturated rings. The van der Waals surface area contributed by atoms with Crippen LogP contribution in [0.3, 0.4) is 0 Å². The Morgan fingerprint density at radius 3 is 2.68 bits per heavy atom. The lowest BCUT2D eigenvalue weighted by molar-refractivity contribution is 1.13. The van der Waals surface area contributed by atoms with E-state index in [0.717, 1.165) is 17.8 Å². The summed E-state index contributed by atoms with van der Waals surface area (Å²) in [6.45, 7) is 4.21. The number of nitrogens with zero attached hydrogens (tertiary/aromatic N) is 1. The number of aryl methyl sites for hydroxylation is 2. The molecule has 2 rings (SSSR count). The first-order valence-electron chi connectivity index (χ1n) is 6.21. The molecule has 96 valence electrons. The second-order valence-electron chi connectivity index (χ2n) is 4.39. The van der Waals surface area contributed by atoms with Crippen molar-refractivity contribution in [3.8, 4) is 6.07 Å². The van der Waals surface area contributed by atoms with E-state index in [4.69, 9.17) is 16.9 Å². The number of hydrogen-bond donors (Lipinski definition) is 1. The fourth-order valence-corrected chi connectivity index (χ4v) is 2.25. The summed E-state index contributed by atoms with van der Waals surface area (Å²) in [5.74, 6) is 0. The van der Waals surface area contributed by atoms with Crippen molar-refractivity contribution in [2.75, 3.05) is 5.32 Å². The lowest BCUT2D eigenvalue weighted by Gasteiger charge is -2.14. The molecule has 0 radical (unpaired) electrons. The van der Waals surface area contributed by atoms with Gasteiger partial charge in [0.25, 0.3) is 0 Å². The summed E-state index contributed by atoms with van der Waals surface area (Å²) in [6.07, 6.45) is 0.966. The minimum Gasteiger partial charge on any atom is -0.355 e. The Balaban J connectivity index is 2.37. The van der Waals surface area contributed by atoms with Gasteiger partial charge in [-0.25, -0.2) is 0 Å². The number of benzene rings is 2. The number of nitrogens with one attached hydrogen (secondary N) is 1. The maximum absolute atomic E-state index is 8.87. The highest BCUT2D eigenvalue weighted by Gasteiger charge is 2.06. The molecule has 0 spiro atoms. The molecular weight excluding hydrogens is 256 g/mol. The average molecular weight is 271 g/mol. The zero-order valence-corrected chi connectivity index (χ0v) is 11.8. The molecule has 0 saturated carbocycles. The van der Waals surface area contributed by atoms with Gasteiger partial charge in [0.2, 0.25) is 0 Å². The molecule has 0 bridgehead atoms. The molecule has 2 nitrogen and oxygen atoms in total. The van der Waals surface area contributed by atoms with Crippen molar-refractivity contribution in [3.05, 3.63) is 58.1 Å². The third-order valence-electron chi connectivity index (χ3n) is 3.10. The summed E-state index contributed by atoms with van der Waals surface area (Å²) in [5, 5.41) is 12.7. The molecule has 1 N–H and O–H groups in total. The van der Waals surface area contributed by atoms with Crippen molar-refractivity contribution >= 4 is 23.0 Å². The van der Waals surface area contributed by atoms with Crippen LogP contribution in [0, 0.1) is 18.3 Å². The highest BCUT2D eigenvalue weighted by Crippen LogP contribution is 2.27. The Bertz CT molecular complexity index is 642. The highest BCUT2D eigenvalue weighted by atomic mass is 35.5. The third-order valence-corrected chi connectivity index (χ3v) is 3.41. The molecule has 0 heterocycles. The Hall–Kier alpha value is -1.98. The smallest absolute Gasteiger partial charge is 0.101 e. The van der Waals surface area contributed by atoms with Gasteiger partial charge in [0, 0.05) is 11.4 Å². The van der Waals surface area contributed by atoms with Gasteiger partial charge in [-0.2, -0.15) is 5.26 Å². The van der Waals surface area contributed by atoms with Crippen LogP contribution in [0.15, 0.2) is 36.4 Å². The van der Waals surface area contributed by atoms with Gasteiger partial charge >= 0.3 is 0 Å².